The Bertz CT molecular complexity index is 464. The number of nitrogens with one attached hydrogen (secondary N) is 2. The molecular weight excluding hydrogens is 308 g/mol. The average Bonchev–Trinajstić information content (AvgIpc) is 2.53. The van der Waals surface area contributed by atoms with Gasteiger partial charge in [-0.3, -0.25) is 4.79 Å². The monoisotopic (exact) mass is 333 g/mol. The summed E-state index contributed by atoms with van der Waals surface area (Å²) < 4.78 is 18.5. The van der Waals surface area contributed by atoms with Crippen molar-refractivity contribution in [1.82, 2.24) is 4.72 Å². The number of benzene rings is 1. The minimum absolute atomic E-state index is 0.184. The van der Waals surface area contributed by atoms with Crippen LogP contribution in [0.5, 0.6) is 0 Å². The summed E-state index contributed by atoms with van der Waals surface area (Å²) in [5.74, 6) is 0.306. The van der Waals surface area contributed by atoms with Gasteiger partial charge in [0.15, 0.2) is 0 Å². The van der Waals surface area contributed by atoms with E-state index in [0.717, 1.165) is 13.0 Å². The number of ether oxygens (including phenoxy) is 1. The van der Waals surface area contributed by atoms with Crippen molar-refractivity contribution in [2.75, 3.05) is 20.8 Å². The molecule has 0 amide bonds. The Kier molecular flexibility index (Phi) is 14.7. The second kappa shape index (κ2) is 14.3. The van der Waals surface area contributed by atoms with E-state index in [4.69, 9.17) is 5.11 Å². The predicted octanol–water partition coefficient (Wildman–Crippen LogP) is 0.221. The highest BCUT2D eigenvalue weighted by Crippen LogP contribution is 2.12. The second-order valence-corrected chi connectivity index (χ2v) is 5.76. The molecule has 1 aromatic rings. The van der Waals surface area contributed by atoms with Crippen LogP contribution in [0.3, 0.4) is 0 Å². The van der Waals surface area contributed by atoms with Crippen molar-refractivity contribution in [1.29, 1.82) is 0 Å². The van der Waals surface area contributed by atoms with Gasteiger partial charge in [-0.15, -0.1) is 0 Å². The second-order valence-electron chi connectivity index (χ2n) is 4.50. The molecule has 0 aliphatic rings. The van der Waals surface area contributed by atoms with Gasteiger partial charge in [-0.25, -0.2) is 8.93 Å². The third-order valence-electron chi connectivity index (χ3n) is 1.77. The Balaban J connectivity index is 0. The molecule has 0 spiro atoms. The predicted molar refractivity (Wildman–Crippen MR) is 85.5 cm³/mol. The maximum absolute atomic E-state index is 11.7. The summed E-state index contributed by atoms with van der Waals surface area (Å²) in [6.07, 6.45) is 0. The first-order chi connectivity index (χ1) is 10.4. The third-order valence-corrected chi connectivity index (χ3v) is 2.93. The molecule has 0 aliphatic carbocycles. The Morgan fingerprint density at radius 2 is 1.82 bits per heavy atom. The number of aliphatic hydroxyl groups is 1. The van der Waals surface area contributed by atoms with E-state index in [1.807, 2.05) is 0 Å². The lowest BCUT2D eigenvalue weighted by molar-refractivity contribution is -0.382. The molecule has 0 aliphatic heterocycles. The van der Waals surface area contributed by atoms with Crippen molar-refractivity contribution in [3.8, 4) is 0 Å². The van der Waals surface area contributed by atoms with E-state index in [0.29, 0.717) is 4.90 Å². The van der Waals surface area contributed by atoms with Crippen LogP contribution in [-0.2, 0) is 20.5 Å². The smallest absolute Gasteiger partial charge is 0.320 e. The number of hydrogen-bond donors (Lipinski definition) is 3. The topological polar surface area (TPSA) is 107 Å². The van der Waals surface area contributed by atoms with Crippen LogP contribution in [0.1, 0.15) is 20.8 Å². The number of aliphatic hydroxyl groups excluding tert-OH is 1. The van der Waals surface area contributed by atoms with Gasteiger partial charge in [-0.1, -0.05) is 32.9 Å². The van der Waals surface area contributed by atoms with E-state index in [1.54, 1.807) is 17.3 Å². The Morgan fingerprint density at radius 1 is 1.32 bits per heavy atom. The summed E-state index contributed by atoms with van der Waals surface area (Å²) >= 11 is 0. The Labute approximate surface area is 133 Å². The van der Waals surface area contributed by atoms with Gasteiger partial charge in [0.1, 0.15) is 22.4 Å². The molecule has 8 heteroatoms. The van der Waals surface area contributed by atoms with Crippen molar-refractivity contribution >= 4 is 22.6 Å². The number of nitroso groups, excluding NO2 is 1. The van der Waals surface area contributed by atoms with Gasteiger partial charge in [0.05, 0.1) is 7.11 Å². The van der Waals surface area contributed by atoms with E-state index >= 15 is 0 Å². The lowest BCUT2D eigenvalue weighted by atomic mass is 10.3. The first-order valence-corrected chi connectivity index (χ1v) is 7.71. The highest BCUT2D eigenvalue weighted by molar-refractivity contribution is 7.83. The van der Waals surface area contributed by atoms with Crippen LogP contribution >= 0.6 is 0 Å². The van der Waals surface area contributed by atoms with Crippen LogP contribution < -0.4 is 9.90 Å². The maximum Gasteiger partial charge on any atom is 0.320 e. The molecule has 0 saturated carbocycles. The molecule has 0 heterocycles. The van der Waals surface area contributed by atoms with Crippen LogP contribution in [0.4, 0.5) is 5.69 Å². The zero-order valence-corrected chi connectivity index (χ0v) is 14.4. The summed E-state index contributed by atoms with van der Waals surface area (Å²) in [6, 6.07) is 6.32. The Morgan fingerprint density at radius 3 is 2.27 bits per heavy atom. The van der Waals surface area contributed by atoms with Crippen molar-refractivity contribution in [2.24, 2.45) is 5.92 Å². The van der Waals surface area contributed by atoms with Crippen LogP contribution in [0, 0.1) is 10.8 Å². The lowest BCUT2D eigenvalue weighted by Gasteiger charge is -2.02. The van der Waals surface area contributed by atoms with Crippen molar-refractivity contribution < 1.29 is 24.0 Å². The van der Waals surface area contributed by atoms with Crippen LogP contribution in [0.25, 0.3) is 0 Å². The summed E-state index contributed by atoms with van der Waals surface area (Å²) in [4.78, 5) is 21.6. The van der Waals surface area contributed by atoms with Crippen molar-refractivity contribution in [3.05, 3.63) is 29.2 Å². The largest absolute Gasteiger partial charge is 0.468 e. The number of para-hydroxylation sites is 1. The number of esters is 1. The van der Waals surface area contributed by atoms with Gasteiger partial charge in [0, 0.05) is 23.3 Å². The molecule has 0 radical (unpaired) electrons. The molecule has 0 bridgehead atoms. The molecule has 1 rings (SSSR count). The maximum atomic E-state index is 11.7. The van der Waals surface area contributed by atoms with Gasteiger partial charge in [0.2, 0.25) is 0 Å². The number of rotatable bonds is 5. The summed E-state index contributed by atoms with van der Waals surface area (Å²) in [6.45, 7) is 6.32. The fourth-order valence-electron chi connectivity index (χ4n) is 0.987. The summed E-state index contributed by atoms with van der Waals surface area (Å²) in [7, 11) is 0.606. The molecule has 0 saturated heterocycles. The standard InChI is InChI=1S/C9H10N2O4S.C4H10.CH4O/c1-15-9(12)6-10-16(14)8-5-3-2-4-7(8)11-13;1-4(2)3;1-2/h2-5,10H,6H2,1H3;4H,1-3H3;2H,1H3/p+1. The highest BCUT2D eigenvalue weighted by Gasteiger charge is 2.14. The molecule has 0 fully saturated rings. The summed E-state index contributed by atoms with van der Waals surface area (Å²) in [5.41, 5.74) is 0.207. The van der Waals surface area contributed by atoms with Gasteiger partial charge in [-0.05, 0) is 12.0 Å². The minimum Gasteiger partial charge on any atom is -0.468 e. The van der Waals surface area contributed by atoms with E-state index < -0.39 is 17.0 Å². The molecule has 1 aromatic carbocycles. The van der Waals surface area contributed by atoms with Gasteiger partial charge in [-0.2, -0.15) is 0 Å². The van der Waals surface area contributed by atoms with Crippen molar-refractivity contribution in [3.63, 3.8) is 0 Å². The SMILES string of the molecule is CC(C)C.CO.COC(=O)CNS(=O)c1ccccc1[NH+]=O. The lowest BCUT2D eigenvalue weighted by Crippen LogP contribution is -2.56. The average molecular weight is 333 g/mol. The van der Waals surface area contributed by atoms with Crippen molar-refractivity contribution in [2.45, 2.75) is 25.7 Å². The van der Waals surface area contributed by atoms with Crippen LogP contribution in [0.15, 0.2) is 29.2 Å². The van der Waals surface area contributed by atoms with E-state index in [2.05, 4.69) is 30.2 Å². The molecule has 1 atom stereocenters. The van der Waals surface area contributed by atoms with E-state index in [1.165, 1.54) is 19.2 Å². The van der Waals surface area contributed by atoms with Gasteiger partial charge in [0.25, 0.3) is 5.69 Å². The van der Waals surface area contributed by atoms with E-state index in [-0.39, 0.29) is 12.2 Å². The summed E-state index contributed by atoms with van der Waals surface area (Å²) in [5, 5.41) is 8.68. The molecule has 7 nitrogen and oxygen atoms in total. The fourth-order valence-corrected chi connectivity index (χ4v) is 1.90. The molecule has 22 heavy (non-hydrogen) atoms. The third kappa shape index (κ3) is 11.1. The number of carbonyl (C=O) groups is 1. The molecule has 126 valence electrons. The zero-order valence-electron chi connectivity index (χ0n) is 13.6. The minimum atomic E-state index is -1.63. The first kappa shape index (κ1) is 22.6. The molecule has 1 unspecified atom stereocenters. The fraction of sp³-hybridized carbons (Fsp3) is 0.500. The normalized spacial score (nSPS) is 10.5. The zero-order chi connectivity index (χ0) is 17.5. The molecular formula is C14H25N2O5S+. The van der Waals surface area contributed by atoms with Crippen LogP contribution in [0.2, 0.25) is 0 Å². The number of methoxy groups -OCH3 is 1. The quantitative estimate of drug-likeness (QED) is 0.668. The molecule has 0 aromatic heterocycles. The van der Waals surface area contributed by atoms with Gasteiger partial charge < -0.3 is 9.84 Å². The first-order valence-electron chi connectivity index (χ1n) is 6.56. The molecule has 3 N–H and O–H groups in total. The van der Waals surface area contributed by atoms with Crippen LogP contribution in [-0.4, -0.2) is 36.0 Å². The van der Waals surface area contributed by atoms with E-state index in [9.17, 15) is 13.9 Å². The van der Waals surface area contributed by atoms with Gasteiger partial charge >= 0.3 is 5.97 Å². The Hall–Kier alpha value is -1.64. The number of hydrogen-bond acceptors (Lipinski definition) is 5. The number of carbonyl (C=O) groups excluding carboxylic acids is 1. The highest BCUT2D eigenvalue weighted by atomic mass is 32.2.